The first kappa shape index (κ1) is 20.3. The average Bonchev–Trinajstić information content (AvgIpc) is 2.56. The molecule has 0 fully saturated rings. The third-order valence-corrected chi connectivity index (χ3v) is 5.55. The number of hydrogen-bond donors (Lipinski definition) is 1. The maximum absolute atomic E-state index is 12.4. The molecule has 0 radical (unpaired) electrons. The van der Waals surface area contributed by atoms with Crippen molar-refractivity contribution < 1.29 is 13.3 Å². The molecule has 0 aliphatic carbocycles. The van der Waals surface area contributed by atoms with Gasteiger partial charge in [-0.15, -0.1) is 0 Å². The second kappa shape index (κ2) is 8.59. The molecule has 1 unspecified atom stereocenters. The molecule has 2 rings (SSSR count). The van der Waals surface area contributed by atoms with Crippen molar-refractivity contribution in [1.82, 2.24) is 9.62 Å². The molecule has 0 aromatic heterocycles. The monoisotopic (exact) mass is 397 g/mol. The largest absolute Gasteiger partial charge is 0.301 e. The second-order valence-electron chi connectivity index (χ2n) is 6.03. The van der Waals surface area contributed by atoms with Gasteiger partial charge in [-0.2, -0.15) is 0 Å². The smallest absolute Gasteiger partial charge is 0.269 e. The molecule has 0 aliphatic heterocycles. The van der Waals surface area contributed by atoms with Crippen LogP contribution in [0.4, 0.5) is 5.69 Å². The van der Waals surface area contributed by atoms with E-state index in [-0.39, 0.29) is 24.0 Å². The van der Waals surface area contributed by atoms with E-state index >= 15 is 0 Å². The minimum atomic E-state index is -3.61. The Balaban J connectivity index is 2.08. The summed E-state index contributed by atoms with van der Waals surface area (Å²) in [6.07, 6.45) is 0. The van der Waals surface area contributed by atoms with Gasteiger partial charge in [0.15, 0.2) is 0 Å². The fourth-order valence-electron chi connectivity index (χ4n) is 2.51. The van der Waals surface area contributed by atoms with E-state index in [1.807, 2.05) is 37.2 Å². The van der Waals surface area contributed by atoms with Gasteiger partial charge in [-0.05, 0) is 31.3 Å². The molecule has 9 heteroatoms. The van der Waals surface area contributed by atoms with Crippen molar-refractivity contribution in [1.29, 1.82) is 0 Å². The van der Waals surface area contributed by atoms with Crippen molar-refractivity contribution in [3.8, 4) is 0 Å². The molecule has 0 amide bonds. The van der Waals surface area contributed by atoms with Gasteiger partial charge in [0.2, 0.25) is 10.0 Å². The van der Waals surface area contributed by atoms with Crippen molar-refractivity contribution in [2.75, 3.05) is 20.6 Å². The fraction of sp³-hybridized carbons (Fsp3) is 0.294. The lowest BCUT2D eigenvalue weighted by molar-refractivity contribution is -0.384. The predicted octanol–water partition coefficient (Wildman–Crippen LogP) is 2.97. The summed E-state index contributed by atoms with van der Waals surface area (Å²) in [7, 11) is 0.0849. The van der Waals surface area contributed by atoms with E-state index < -0.39 is 14.9 Å². The van der Waals surface area contributed by atoms with Crippen LogP contribution < -0.4 is 4.72 Å². The molecule has 140 valence electrons. The molecule has 2 aromatic rings. The quantitative estimate of drug-likeness (QED) is 0.546. The normalized spacial score (nSPS) is 12.9. The Labute approximate surface area is 157 Å². The zero-order valence-electron chi connectivity index (χ0n) is 14.4. The minimum absolute atomic E-state index is 0.0782. The zero-order valence-corrected chi connectivity index (χ0v) is 16.0. The van der Waals surface area contributed by atoms with E-state index in [1.165, 1.54) is 24.3 Å². The van der Waals surface area contributed by atoms with Crippen LogP contribution in [0.2, 0.25) is 5.02 Å². The van der Waals surface area contributed by atoms with E-state index in [2.05, 4.69) is 4.72 Å². The number of hydrogen-bond acceptors (Lipinski definition) is 5. The number of sulfonamides is 1. The lowest BCUT2D eigenvalue weighted by Gasteiger charge is -2.26. The molecule has 7 nitrogen and oxygen atoms in total. The molecular formula is C17H20ClN3O4S. The number of nitrogens with one attached hydrogen (secondary N) is 1. The Morgan fingerprint density at radius 2 is 1.77 bits per heavy atom. The highest BCUT2D eigenvalue weighted by atomic mass is 35.5. The molecule has 1 atom stereocenters. The minimum Gasteiger partial charge on any atom is -0.301 e. The van der Waals surface area contributed by atoms with Crippen molar-refractivity contribution in [3.05, 3.63) is 74.8 Å². The molecule has 2 aromatic carbocycles. The SMILES string of the molecule is CN(C)C(CNS(=O)(=O)Cc1ccc([N+](=O)[O-])cc1)c1ccccc1Cl. The van der Waals surface area contributed by atoms with Crippen LogP contribution in [0.3, 0.4) is 0 Å². The van der Waals surface area contributed by atoms with Crippen molar-refractivity contribution in [2.24, 2.45) is 0 Å². The first-order valence-electron chi connectivity index (χ1n) is 7.81. The predicted molar refractivity (Wildman–Crippen MR) is 102 cm³/mol. The van der Waals surface area contributed by atoms with Crippen LogP contribution in [-0.4, -0.2) is 38.9 Å². The highest BCUT2D eigenvalue weighted by Crippen LogP contribution is 2.25. The number of halogens is 1. The molecule has 26 heavy (non-hydrogen) atoms. The van der Waals surface area contributed by atoms with Gasteiger partial charge < -0.3 is 4.90 Å². The van der Waals surface area contributed by atoms with E-state index in [1.54, 1.807) is 6.07 Å². The number of benzene rings is 2. The maximum Gasteiger partial charge on any atom is 0.269 e. The summed E-state index contributed by atoms with van der Waals surface area (Å²) in [6.45, 7) is 0.159. The van der Waals surface area contributed by atoms with Crippen LogP contribution in [0.15, 0.2) is 48.5 Å². The summed E-state index contributed by atoms with van der Waals surface area (Å²) in [6, 6.07) is 12.5. The summed E-state index contributed by atoms with van der Waals surface area (Å²) in [5, 5.41) is 11.2. The van der Waals surface area contributed by atoms with E-state index in [0.29, 0.717) is 10.6 Å². The Hall–Kier alpha value is -2.00. The summed E-state index contributed by atoms with van der Waals surface area (Å²) < 4.78 is 27.3. The van der Waals surface area contributed by atoms with E-state index in [4.69, 9.17) is 11.6 Å². The lowest BCUT2D eigenvalue weighted by atomic mass is 10.1. The lowest BCUT2D eigenvalue weighted by Crippen LogP contribution is -2.35. The van der Waals surface area contributed by atoms with Gasteiger partial charge in [-0.25, -0.2) is 13.1 Å². The standard InChI is InChI=1S/C17H20ClN3O4S/c1-20(2)17(15-5-3-4-6-16(15)18)11-19-26(24,25)12-13-7-9-14(10-8-13)21(22)23/h3-10,17,19H,11-12H2,1-2H3. The Morgan fingerprint density at radius 1 is 1.15 bits per heavy atom. The van der Waals surface area contributed by atoms with Crippen LogP contribution in [-0.2, 0) is 15.8 Å². The number of nitrogens with zero attached hydrogens (tertiary/aromatic N) is 2. The van der Waals surface area contributed by atoms with Crippen LogP contribution >= 0.6 is 11.6 Å². The third kappa shape index (κ3) is 5.50. The Morgan fingerprint density at radius 3 is 2.31 bits per heavy atom. The van der Waals surface area contributed by atoms with E-state index in [9.17, 15) is 18.5 Å². The zero-order chi connectivity index (χ0) is 19.3. The fourth-order valence-corrected chi connectivity index (χ4v) is 3.91. The second-order valence-corrected chi connectivity index (χ2v) is 8.25. The summed E-state index contributed by atoms with van der Waals surface area (Å²) >= 11 is 6.22. The van der Waals surface area contributed by atoms with Crippen molar-refractivity contribution in [3.63, 3.8) is 0 Å². The molecule has 0 saturated heterocycles. The van der Waals surface area contributed by atoms with Crippen LogP contribution in [0, 0.1) is 10.1 Å². The van der Waals surface area contributed by atoms with Gasteiger partial charge in [0.25, 0.3) is 5.69 Å². The highest BCUT2D eigenvalue weighted by molar-refractivity contribution is 7.88. The third-order valence-electron chi connectivity index (χ3n) is 3.89. The topological polar surface area (TPSA) is 92.6 Å². The van der Waals surface area contributed by atoms with Gasteiger partial charge in [0.05, 0.1) is 10.7 Å². The Kier molecular flexibility index (Phi) is 6.71. The number of nitro benzene ring substituents is 1. The number of likely N-dealkylation sites (N-methyl/N-ethyl adjacent to an activating group) is 1. The summed E-state index contributed by atoms with van der Waals surface area (Å²) in [5.41, 5.74) is 1.23. The first-order valence-corrected chi connectivity index (χ1v) is 9.84. The van der Waals surface area contributed by atoms with Crippen LogP contribution in [0.5, 0.6) is 0 Å². The molecule has 0 aliphatic rings. The van der Waals surface area contributed by atoms with Crippen molar-refractivity contribution in [2.45, 2.75) is 11.8 Å². The van der Waals surface area contributed by atoms with Gasteiger partial charge in [0, 0.05) is 29.7 Å². The van der Waals surface area contributed by atoms with Gasteiger partial charge in [0.1, 0.15) is 0 Å². The molecule has 0 bridgehead atoms. The number of non-ortho nitro benzene ring substituents is 1. The molecule has 0 heterocycles. The van der Waals surface area contributed by atoms with E-state index in [0.717, 1.165) is 5.56 Å². The summed E-state index contributed by atoms with van der Waals surface area (Å²) in [4.78, 5) is 12.0. The van der Waals surface area contributed by atoms with Crippen molar-refractivity contribution >= 4 is 27.3 Å². The van der Waals surface area contributed by atoms with Crippen LogP contribution in [0.25, 0.3) is 0 Å². The van der Waals surface area contributed by atoms with Crippen LogP contribution in [0.1, 0.15) is 17.2 Å². The molecule has 1 N–H and O–H groups in total. The molecule has 0 spiro atoms. The Bertz CT molecular complexity index is 870. The number of rotatable bonds is 8. The molecule has 0 saturated carbocycles. The van der Waals surface area contributed by atoms with Gasteiger partial charge in [-0.1, -0.05) is 41.9 Å². The first-order chi connectivity index (χ1) is 12.2. The highest BCUT2D eigenvalue weighted by Gasteiger charge is 2.20. The summed E-state index contributed by atoms with van der Waals surface area (Å²) in [5.74, 6) is -0.256. The maximum atomic E-state index is 12.4. The molecular weight excluding hydrogens is 378 g/mol. The van der Waals surface area contributed by atoms with Gasteiger partial charge in [-0.3, -0.25) is 10.1 Å². The number of nitro groups is 1. The van der Waals surface area contributed by atoms with Gasteiger partial charge >= 0.3 is 0 Å². The average molecular weight is 398 g/mol.